The second kappa shape index (κ2) is 10.1. The summed E-state index contributed by atoms with van der Waals surface area (Å²) >= 11 is 0. The van der Waals surface area contributed by atoms with Gasteiger partial charge in [-0.3, -0.25) is 9.59 Å². The molecule has 5 heteroatoms. The molecule has 0 fully saturated rings. The SMILES string of the molecule is O=C(NCCC(=O)N(CCc1ccccc1)Cc1ccccc1)c1ccco1. The van der Waals surface area contributed by atoms with E-state index in [1.165, 1.54) is 11.8 Å². The molecule has 0 spiro atoms. The number of furan rings is 1. The number of carbonyl (C=O) groups is 2. The van der Waals surface area contributed by atoms with Crippen molar-refractivity contribution in [1.82, 2.24) is 10.2 Å². The third-order valence-corrected chi connectivity index (χ3v) is 4.45. The van der Waals surface area contributed by atoms with Crippen LogP contribution < -0.4 is 5.32 Å². The van der Waals surface area contributed by atoms with Gasteiger partial charge in [0.05, 0.1) is 6.26 Å². The van der Waals surface area contributed by atoms with E-state index < -0.39 is 0 Å². The Morgan fingerprint density at radius 2 is 1.54 bits per heavy atom. The van der Waals surface area contributed by atoms with Gasteiger partial charge in [0.2, 0.25) is 5.91 Å². The van der Waals surface area contributed by atoms with Crippen LogP contribution in [0.15, 0.2) is 83.5 Å². The third-order valence-electron chi connectivity index (χ3n) is 4.45. The van der Waals surface area contributed by atoms with Crippen LogP contribution >= 0.6 is 0 Å². The first-order chi connectivity index (χ1) is 13.7. The van der Waals surface area contributed by atoms with Crippen molar-refractivity contribution in [3.8, 4) is 0 Å². The average Bonchev–Trinajstić information content (AvgIpc) is 3.27. The Hall–Kier alpha value is -3.34. The van der Waals surface area contributed by atoms with Crippen molar-refractivity contribution in [1.29, 1.82) is 0 Å². The first-order valence-electron chi connectivity index (χ1n) is 9.40. The van der Waals surface area contributed by atoms with Crippen molar-refractivity contribution in [3.05, 3.63) is 95.9 Å². The summed E-state index contributed by atoms with van der Waals surface area (Å²) in [6.45, 7) is 1.46. The molecular formula is C23H24N2O3. The summed E-state index contributed by atoms with van der Waals surface area (Å²) in [5.74, 6) is -0.0473. The van der Waals surface area contributed by atoms with Crippen LogP contribution in [0.2, 0.25) is 0 Å². The Kier molecular flexibility index (Phi) is 7.01. The molecule has 2 amide bonds. The molecule has 0 aliphatic heterocycles. The van der Waals surface area contributed by atoms with E-state index in [2.05, 4.69) is 17.4 Å². The zero-order chi connectivity index (χ0) is 19.6. The average molecular weight is 376 g/mol. The van der Waals surface area contributed by atoms with Gasteiger partial charge in [-0.1, -0.05) is 60.7 Å². The maximum Gasteiger partial charge on any atom is 0.286 e. The van der Waals surface area contributed by atoms with Crippen LogP contribution in [-0.4, -0.2) is 29.8 Å². The van der Waals surface area contributed by atoms with E-state index in [0.717, 1.165) is 12.0 Å². The molecule has 0 atom stereocenters. The van der Waals surface area contributed by atoms with E-state index in [1.54, 1.807) is 12.1 Å². The van der Waals surface area contributed by atoms with E-state index in [4.69, 9.17) is 4.42 Å². The maximum absolute atomic E-state index is 12.8. The first-order valence-corrected chi connectivity index (χ1v) is 9.40. The zero-order valence-electron chi connectivity index (χ0n) is 15.7. The fourth-order valence-electron chi connectivity index (χ4n) is 2.94. The summed E-state index contributed by atoms with van der Waals surface area (Å²) < 4.78 is 5.06. The molecule has 5 nitrogen and oxygen atoms in total. The minimum Gasteiger partial charge on any atom is -0.459 e. The number of hydrogen-bond acceptors (Lipinski definition) is 3. The molecule has 0 bridgehead atoms. The molecule has 0 unspecified atom stereocenters. The summed E-state index contributed by atoms with van der Waals surface area (Å²) in [4.78, 5) is 26.6. The number of carbonyl (C=O) groups excluding carboxylic acids is 2. The van der Waals surface area contributed by atoms with Gasteiger partial charge in [-0.25, -0.2) is 0 Å². The standard InChI is InChI=1S/C23H24N2O3/c26-22(13-15-24-23(27)21-12-7-17-28-21)25(18-20-10-5-2-6-11-20)16-14-19-8-3-1-4-9-19/h1-12,17H,13-16,18H2,(H,24,27). The predicted molar refractivity (Wildman–Crippen MR) is 108 cm³/mol. The van der Waals surface area contributed by atoms with E-state index >= 15 is 0 Å². The molecule has 3 aromatic rings. The van der Waals surface area contributed by atoms with Crippen LogP contribution in [0.25, 0.3) is 0 Å². The molecule has 1 N–H and O–H groups in total. The highest BCUT2D eigenvalue weighted by molar-refractivity contribution is 5.91. The van der Waals surface area contributed by atoms with Crippen LogP contribution in [0.5, 0.6) is 0 Å². The molecule has 1 aromatic heterocycles. The highest BCUT2D eigenvalue weighted by Gasteiger charge is 2.15. The lowest BCUT2D eigenvalue weighted by Gasteiger charge is -2.23. The van der Waals surface area contributed by atoms with Gasteiger partial charge in [0, 0.05) is 26.1 Å². The summed E-state index contributed by atoms with van der Waals surface area (Å²) in [6, 6.07) is 23.3. The quantitative estimate of drug-likeness (QED) is 0.620. The van der Waals surface area contributed by atoms with Crippen LogP contribution in [0.1, 0.15) is 28.1 Å². The second-order valence-electron chi connectivity index (χ2n) is 6.52. The second-order valence-corrected chi connectivity index (χ2v) is 6.52. The van der Waals surface area contributed by atoms with Gasteiger partial charge in [0.15, 0.2) is 5.76 Å². The minimum atomic E-state index is -0.309. The number of amides is 2. The molecule has 28 heavy (non-hydrogen) atoms. The Labute approximate surface area is 165 Å². The number of hydrogen-bond donors (Lipinski definition) is 1. The smallest absolute Gasteiger partial charge is 0.286 e. The van der Waals surface area contributed by atoms with Crippen LogP contribution in [0, 0.1) is 0 Å². The van der Waals surface area contributed by atoms with Crippen LogP contribution in [0.4, 0.5) is 0 Å². The van der Waals surface area contributed by atoms with E-state index in [-0.39, 0.29) is 30.5 Å². The number of nitrogens with one attached hydrogen (secondary N) is 1. The van der Waals surface area contributed by atoms with Crippen molar-refractivity contribution >= 4 is 11.8 Å². The van der Waals surface area contributed by atoms with Crippen molar-refractivity contribution in [3.63, 3.8) is 0 Å². The summed E-state index contributed by atoms with van der Waals surface area (Å²) in [5.41, 5.74) is 2.28. The normalized spacial score (nSPS) is 10.4. The van der Waals surface area contributed by atoms with Crippen molar-refractivity contribution in [2.75, 3.05) is 13.1 Å². The molecule has 144 valence electrons. The van der Waals surface area contributed by atoms with Crippen molar-refractivity contribution in [2.45, 2.75) is 19.4 Å². The van der Waals surface area contributed by atoms with Gasteiger partial charge >= 0.3 is 0 Å². The lowest BCUT2D eigenvalue weighted by molar-refractivity contribution is -0.131. The lowest BCUT2D eigenvalue weighted by Crippen LogP contribution is -2.35. The number of rotatable bonds is 9. The number of nitrogens with zero attached hydrogens (tertiary/aromatic N) is 1. The van der Waals surface area contributed by atoms with Gasteiger partial charge in [-0.2, -0.15) is 0 Å². The predicted octanol–water partition coefficient (Wildman–Crippen LogP) is 3.67. The van der Waals surface area contributed by atoms with E-state index in [0.29, 0.717) is 13.1 Å². The van der Waals surface area contributed by atoms with Crippen LogP contribution in [-0.2, 0) is 17.8 Å². The molecule has 0 radical (unpaired) electrons. The molecule has 0 aliphatic rings. The Morgan fingerprint density at radius 1 is 0.857 bits per heavy atom. The van der Waals surface area contributed by atoms with Gasteiger partial charge in [0.25, 0.3) is 5.91 Å². The first kappa shape index (κ1) is 19.4. The maximum atomic E-state index is 12.8. The van der Waals surface area contributed by atoms with E-state index in [1.807, 2.05) is 53.4 Å². The minimum absolute atomic E-state index is 0.0135. The summed E-state index contributed by atoms with van der Waals surface area (Å²) in [7, 11) is 0. The van der Waals surface area contributed by atoms with Crippen molar-refractivity contribution < 1.29 is 14.0 Å². The molecule has 3 rings (SSSR count). The van der Waals surface area contributed by atoms with E-state index in [9.17, 15) is 9.59 Å². The molecule has 0 aliphatic carbocycles. The van der Waals surface area contributed by atoms with Gasteiger partial charge in [-0.15, -0.1) is 0 Å². The van der Waals surface area contributed by atoms with Gasteiger partial charge in [0.1, 0.15) is 0 Å². The van der Waals surface area contributed by atoms with Gasteiger partial charge < -0.3 is 14.6 Å². The fourth-order valence-corrected chi connectivity index (χ4v) is 2.94. The highest BCUT2D eigenvalue weighted by atomic mass is 16.3. The summed E-state index contributed by atoms with van der Waals surface area (Å²) in [6.07, 6.45) is 2.48. The van der Waals surface area contributed by atoms with Gasteiger partial charge in [-0.05, 0) is 29.7 Å². The highest BCUT2D eigenvalue weighted by Crippen LogP contribution is 2.09. The fraction of sp³-hybridized carbons (Fsp3) is 0.217. The molecular weight excluding hydrogens is 352 g/mol. The van der Waals surface area contributed by atoms with Crippen LogP contribution in [0.3, 0.4) is 0 Å². The zero-order valence-corrected chi connectivity index (χ0v) is 15.7. The molecule has 0 saturated heterocycles. The number of benzene rings is 2. The molecule has 2 aromatic carbocycles. The largest absolute Gasteiger partial charge is 0.459 e. The lowest BCUT2D eigenvalue weighted by atomic mass is 10.1. The summed E-state index contributed by atoms with van der Waals surface area (Å²) in [5, 5.41) is 2.73. The Bertz CT molecular complexity index is 861. The topological polar surface area (TPSA) is 62.6 Å². The molecule has 1 heterocycles. The molecule has 0 saturated carbocycles. The van der Waals surface area contributed by atoms with Crippen molar-refractivity contribution in [2.24, 2.45) is 0 Å². The Morgan fingerprint density at radius 3 is 2.18 bits per heavy atom. The monoisotopic (exact) mass is 376 g/mol. The Balaban J connectivity index is 1.56. The third kappa shape index (κ3) is 5.84.